The molecule has 0 aliphatic heterocycles. The molecule has 2 aromatic carbocycles. The van der Waals surface area contributed by atoms with Crippen LogP contribution in [0.25, 0.3) is 11.1 Å². The molecule has 0 aliphatic rings. The maximum absolute atomic E-state index is 5.97. The highest BCUT2D eigenvalue weighted by atomic mass is 16.5. The van der Waals surface area contributed by atoms with Crippen molar-refractivity contribution in [3.8, 4) is 16.9 Å². The summed E-state index contributed by atoms with van der Waals surface area (Å²) in [6.45, 7) is 6.10. The van der Waals surface area contributed by atoms with Crippen LogP contribution >= 0.6 is 0 Å². The van der Waals surface area contributed by atoms with Gasteiger partial charge in [0.15, 0.2) is 0 Å². The lowest BCUT2D eigenvalue weighted by Crippen LogP contribution is -2.06. The second-order valence-electron chi connectivity index (χ2n) is 4.68. The van der Waals surface area contributed by atoms with Crippen LogP contribution in [0.5, 0.6) is 5.75 Å². The van der Waals surface area contributed by atoms with Crippen LogP contribution in [0.3, 0.4) is 0 Å². The Hall–Kier alpha value is -1.96. The van der Waals surface area contributed by atoms with E-state index in [1.807, 2.05) is 51.1 Å². The summed E-state index contributed by atoms with van der Waals surface area (Å²) in [4.78, 5) is 0. The molecule has 2 rings (SSSR count). The molecule has 0 unspecified atom stereocenters. The molecule has 0 fully saturated rings. The van der Waals surface area contributed by atoms with Gasteiger partial charge in [-0.1, -0.05) is 30.3 Å². The van der Waals surface area contributed by atoms with Crippen molar-refractivity contribution >= 4 is 5.69 Å². The van der Waals surface area contributed by atoms with Crippen LogP contribution in [0.15, 0.2) is 42.5 Å². The molecule has 0 bridgehead atoms. The molecule has 0 radical (unpaired) electrons. The third kappa shape index (κ3) is 2.48. The molecule has 2 N–H and O–H groups in total. The molecular formula is C16H19NO. The van der Waals surface area contributed by atoms with Crippen molar-refractivity contribution in [2.24, 2.45) is 0 Å². The second-order valence-corrected chi connectivity index (χ2v) is 4.68. The van der Waals surface area contributed by atoms with Gasteiger partial charge in [-0.05, 0) is 44.0 Å². The highest BCUT2D eigenvalue weighted by molar-refractivity contribution is 5.77. The van der Waals surface area contributed by atoms with Crippen molar-refractivity contribution in [3.05, 3.63) is 48.0 Å². The molecule has 0 saturated carbocycles. The van der Waals surface area contributed by atoms with E-state index in [2.05, 4.69) is 12.1 Å². The standard InChI is InChI=1S/C16H19NO/c1-11(2)18-16-10-5-4-7-14(16)13-8-6-9-15(17)12(13)3/h4-11H,17H2,1-3H3. The van der Waals surface area contributed by atoms with Gasteiger partial charge < -0.3 is 10.5 Å². The average molecular weight is 241 g/mol. The van der Waals surface area contributed by atoms with E-state index in [0.717, 1.165) is 28.1 Å². The van der Waals surface area contributed by atoms with Crippen LogP contribution in [0.1, 0.15) is 19.4 Å². The highest BCUT2D eigenvalue weighted by Crippen LogP contribution is 2.34. The van der Waals surface area contributed by atoms with E-state index in [9.17, 15) is 0 Å². The number of benzene rings is 2. The lowest BCUT2D eigenvalue weighted by atomic mass is 9.98. The van der Waals surface area contributed by atoms with Gasteiger partial charge in [0.25, 0.3) is 0 Å². The zero-order chi connectivity index (χ0) is 13.1. The predicted octanol–water partition coefficient (Wildman–Crippen LogP) is 4.03. The minimum atomic E-state index is 0.160. The number of para-hydroxylation sites is 1. The number of hydrogen-bond acceptors (Lipinski definition) is 2. The number of hydrogen-bond donors (Lipinski definition) is 1. The van der Waals surface area contributed by atoms with E-state index in [1.54, 1.807) is 0 Å². The Labute approximate surface area is 108 Å². The molecule has 94 valence electrons. The average Bonchev–Trinajstić information content (AvgIpc) is 2.33. The van der Waals surface area contributed by atoms with Gasteiger partial charge in [-0.25, -0.2) is 0 Å². The first-order valence-corrected chi connectivity index (χ1v) is 6.20. The summed E-state index contributed by atoms with van der Waals surface area (Å²) >= 11 is 0. The number of ether oxygens (including phenoxy) is 1. The quantitative estimate of drug-likeness (QED) is 0.823. The smallest absolute Gasteiger partial charge is 0.127 e. The van der Waals surface area contributed by atoms with Crippen molar-refractivity contribution < 1.29 is 4.74 Å². The maximum atomic E-state index is 5.97. The summed E-state index contributed by atoms with van der Waals surface area (Å²) in [5, 5.41) is 0. The molecule has 2 aromatic rings. The zero-order valence-corrected chi connectivity index (χ0v) is 11.1. The first-order valence-electron chi connectivity index (χ1n) is 6.20. The van der Waals surface area contributed by atoms with E-state index >= 15 is 0 Å². The lowest BCUT2D eigenvalue weighted by Gasteiger charge is -2.16. The van der Waals surface area contributed by atoms with Crippen LogP contribution in [-0.4, -0.2) is 6.10 Å². The molecule has 0 atom stereocenters. The Morgan fingerprint density at radius 3 is 2.33 bits per heavy atom. The molecular weight excluding hydrogens is 222 g/mol. The van der Waals surface area contributed by atoms with Gasteiger partial charge in [0, 0.05) is 11.3 Å². The van der Waals surface area contributed by atoms with Gasteiger partial charge in [0.05, 0.1) is 6.10 Å². The molecule has 0 saturated heterocycles. The Bertz CT molecular complexity index is 547. The van der Waals surface area contributed by atoms with Crippen molar-refractivity contribution in [3.63, 3.8) is 0 Å². The lowest BCUT2D eigenvalue weighted by molar-refractivity contribution is 0.243. The minimum absolute atomic E-state index is 0.160. The first kappa shape index (κ1) is 12.5. The first-order chi connectivity index (χ1) is 8.59. The SMILES string of the molecule is Cc1c(N)cccc1-c1ccccc1OC(C)C. The third-order valence-electron chi connectivity index (χ3n) is 2.92. The number of rotatable bonds is 3. The van der Waals surface area contributed by atoms with Gasteiger partial charge in [0.1, 0.15) is 5.75 Å². The Kier molecular flexibility index (Phi) is 3.56. The van der Waals surface area contributed by atoms with Crippen LogP contribution in [-0.2, 0) is 0 Å². The summed E-state index contributed by atoms with van der Waals surface area (Å²) in [5.41, 5.74) is 10.1. The normalized spacial score (nSPS) is 10.7. The summed E-state index contributed by atoms with van der Waals surface area (Å²) in [6.07, 6.45) is 0.160. The molecule has 0 heterocycles. The highest BCUT2D eigenvalue weighted by Gasteiger charge is 2.10. The largest absolute Gasteiger partial charge is 0.490 e. The zero-order valence-electron chi connectivity index (χ0n) is 11.1. The van der Waals surface area contributed by atoms with E-state index < -0.39 is 0 Å². The second kappa shape index (κ2) is 5.13. The van der Waals surface area contributed by atoms with Crippen molar-refractivity contribution in [2.45, 2.75) is 26.9 Å². The number of anilines is 1. The predicted molar refractivity (Wildman–Crippen MR) is 76.8 cm³/mol. The summed E-state index contributed by atoms with van der Waals surface area (Å²) < 4.78 is 5.85. The van der Waals surface area contributed by atoms with Crippen LogP contribution in [0, 0.1) is 6.92 Å². The van der Waals surface area contributed by atoms with Crippen LogP contribution in [0.4, 0.5) is 5.69 Å². The Balaban J connectivity index is 2.53. The van der Waals surface area contributed by atoms with E-state index in [4.69, 9.17) is 10.5 Å². The summed E-state index contributed by atoms with van der Waals surface area (Å²) in [5.74, 6) is 0.904. The number of nitrogen functional groups attached to an aromatic ring is 1. The van der Waals surface area contributed by atoms with Crippen molar-refractivity contribution in [1.29, 1.82) is 0 Å². The van der Waals surface area contributed by atoms with E-state index in [-0.39, 0.29) is 6.10 Å². The molecule has 2 nitrogen and oxygen atoms in total. The van der Waals surface area contributed by atoms with Crippen LogP contribution < -0.4 is 10.5 Å². The maximum Gasteiger partial charge on any atom is 0.127 e. The van der Waals surface area contributed by atoms with Crippen LogP contribution in [0.2, 0.25) is 0 Å². The Morgan fingerprint density at radius 1 is 0.944 bits per heavy atom. The van der Waals surface area contributed by atoms with Gasteiger partial charge in [-0.2, -0.15) is 0 Å². The summed E-state index contributed by atoms with van der Waals surface area (Å²) in [7, 11) is 0. The van der Waals surface area contributed by atoms with Gasteiger partial charge in [0.2, 0.25) is 0 Å². The fraction of sp³-hybridized carbons (Fsp3) is 0.250. The monoisotopic (exact) mass is 241 g/mol. The third-order valence-corrected chi connectivity index (χ3v) is 2.92. The van der Waals surface area contributed by atoms with Gasteiger partial charge in [-0.15, -0.1) is 0 Å². The Morgan fingerprint density at radius 2 is 1.61 bits per heavy atom. The molecule has 18 heavy (non-hydrogen) atoms. The van der Waals surface area contributed by atoms with Gasteiger partial charge >= 0.3 is 0 Å². The van der Waals surface area contributed by atoms with E-state index in [0.29, 0.717) is 0 Å². The van der Waals surface area contributed by atoms with Crippen molar-refractivity contribution in [2.75, 3.05) is 5.73 Å². The van der Waals surface area contributed by atoms with Gasteiger partial charge in [-0.3, -0.25) is 0 Å². The fourth-order valence-corrected chi connectivity index (χ4v) is 1.99. The van der Waals surface area contributed by atoms with Crippen molar-refractivity contribution in [1.82, 2.24) is 0 Å². The molecule has 0 aromatic heterocycles. The molecule has 0 spiro atoms. The summed E-state index contributed by atoms with van der Waals surface area (Å²) in [6, 6.07) is 14.0. The minimum Gasteiger partial charge on any atom is -0.490 e. The van der Waals surface area contributed by atoms with E-state index in [1.165, 1.54) is 0 Å². The molecule has 0 amide bonds. The number of nitrogens with two attached hydrogens (primary N) is 1. The topological polar surface area (TPSA) is 35.2 Å². The molecule has 0 aliphatic carbocycles. The fourth-order valence-electron chi connectivity index (χ4n) is 1.99. The molecule has 2 heteroatoms.